The molecule has 0 aromatic rings. The van der Waals surface area contributed by atoms with Gasteiger partial charge in [0.15, 0.2) is 0 Å². The Morgan fingerprint density at radius 2 is 2.26 bits per heavy atom. The van der Waals surface area contributed by atoms with E-state index >= 15 is 0 Å². The van der Waals surface area contributed by atoms with E-state index in [4.69, 9.17) is 6.42 Å². The number of hydrogen-bond acceptors (Lipinski definition) is 2. The highest BCUT2D eigenvalue weighted by Gasteiger charge is 2.45. The molecule has 0 saturated heterocycles. The van der Waals surface area contributed by atoms with Crippen LogP contribution in [0.5, 0.6) is 0 Å². The highest BCUT2D eigenvalue weighted by atomic mass is 16.4. The fourth-order valence-corrected chi connectivity index (χ4v) is 2.50. The highest BCUT2D eigenvalue weighted by molar-refractivity contribution is 5.79. The van der Waals surface area contributed by atoms with Gasteiger partial charge in [0.2, 0.25) is 0 Å². The van der Waals surface area contributed by atoms with Crippen molar-refractivity contribution in [3.05, 3.63) is 0 Å². The van der Waals surface area contributed by atoms with Gasteiger partial charge in [0.05, 0.1) is 11.5 Å². The molecule has 0 bridgehead atoms. The number of aliphatic carboxylic acids is 1. The molecular formula is C14H22N2O3. The molecule has 0 radical (unpaired) electrons. The van der Waals surface area contributed by atoms with Gasteiger partial charge in [-0.05, 0) is 26.2 Å². The summed E-state index contributed by atoms with van der Waals surface area (Å²) >= 11 is 0. The van der Waals surface area contributed by atoms with E-state index in [1.54, 1.807) is 6.92 Å². The molecule has 0 heterocycles. The van der Waals surface area contributed by atoms with E-state index in [0.717, 1.165) is 12.8 Å². The lowest BCUT2D eigenvalue weighted by atomic mass is 9.85. The fourth-order valence-electron chi connectivity index (χ4n) is 2.50. The first-order chi connectivity index (χ1) is 8.93. The Balaban J connectivity index is 2.57. The van der Waals surface area contributed by atoms with Gasteiger partial charge < -0.3 is 15.7 Å². The summed E-state index contributed by atoms with van der Waals surface area (Å²) in [6.07, 6.45) is 9.00. The molecule has 3 atom stereocenters. The molecule has 1 aliphatic rings. The Labute approximate surface area is 114 Å². The maximum Gasteiger partial charge on any atom is 0.316 e. The zero-order valence-corrected chi connectivity index (χ0v) is 11.5. The lowest BCUT2D eigenvalue weighted by molar-refractivity contribution is -0.148. The SMILES string of the molecule is C#CC(CCC)NC(=O)NC1CCCC1(C)C(=O)O. The van der Waals surface area contributed by atoms with E-state index in [2.05, 4.69) is 16.6 Å². The number of amides is 2. The number of carbonyl (C=O) groups is 2. The summed E-state index contributed by atoms with van der Waals surface area (Å²) in [4.78, 5) is 23.1. The van der Waals surface area contributed by atoms with Crippen LogP contribution in [0.4, 0.5) is 4.79 Å². The number of urea groups is 1. The van der Waals surface area contributed by atoms with Crippen LogP contribution in [0.2, 0.25) is 0 Å². The topological polar surface area (TPSA) is 78.4 Å². The van der Waals surface area contributed by atoms with Gasteiger partial charge in [0, 0.05) is 6.04 Å². The summed E-state index contributed by atoms with van der Waals surface area (Å²) in [6, 6.07) is -1.02. The van der Waals surface area contributed by atoms with Gasteiger partial charge in [-0.2, -0.15) is 0 Å². The van der Waals surface area contributed by atoms with Crippen LogP contribution in [-0.4, -0.2) is 29.2 Å². The van der Waals surface area contributed by atoms with Gasteiger partial charge in [-0.1, -0.05) is 25.7 Å². The molecule has 0 aliphatic heterocycles. The van der Waals surface area contributed by atoms with Crippen LogP contribution >= 0.6 is 0 Å². The minimum atomic E-state index is -0.881. The van der Waals surface area contributed by atoms with Crippen LogP contribution in [0.25, 0.3) is 0 Å². The zero-order chi connectivity index (χ0) is 14.5. The third-order valence-corrected chi connectivity index (χ3v) is 3.84. The summed E-state index contributed by atoms with van der Waals surface area (Å²) in [5.41, 5.74) is -0.881. The van der Waals surface area contributed by atoms with Crippen molar-refractivity contribution in [1.82, 2.24) is 10.6 Å². The van der Waals surface area contributed by atoms with E-state index in [9.17, 15) is 14.7 Å². The lowest BCUT2D eigenvalue weighted by Crippen LogP contribution is -2.51. The van der Waals surface area contributed by atoms with Crippen LogP contribution in [-0.2, 0) is 4.79 Å². The Bertz CT molecular complexity index is 389. The largest absolute Gasteiger partial charge is 0.481 e. The van der Waals surface area contributed by atoms with Crippen molar-refractivity contribution in [3.8, 4) is 12.3 Å². The number of carbonyl (C=O) groups excluding carboxylic acids is 1. The van der Waals surface area contributed by atoms with Crippen LogP contribution in [0.3, 0.4) is 0 Å². The summed E-state index contributed by atoms with van der Waals surface area (Å²) < 4.78 is 0. The minimum absolute atomic E-state index is 0.303. The molecule has 5 nitrogen and oxygen atoms in total. The van der Waals surface area contributed by atoms with Crippen molar-refractivity contribution in [2.24, 2.45) is 5.41 Å². The number of terminal acetylenes is 1. The van der Waals surface area contributed by atoms with Crippen molar-refractivity contribution in [3.63, 3.8) is 0 Å². The molecule has 0 spiro atoms. The highest BCUT2D eigenvalue weighted by Crippen LogP contribution is 2.38. The second-order valence-corrected chi connectivity index (χ2v) is 5.29. The number of hydrogen-bond donors (Lipinski definition) is 3. The molecule has 1 saturated carbocycles. The third kappa shape index (κ3) is 3.63. The lowest BCUT2D eigenvalue weighted by Gasteiger charge is -2.28. The molecule has 5 heteroatoms. The van der Waals surface area contributed by atoms with Gasteiger partial charge in [0.1, 0.15) is 0 Å². The maximum absolute atomic E-state index is 11.8. The Kier molecular flexibility index (Phi) is 5.22. The molecule has 1 fully saturated rings. The van der Waals surface area contributed by atoms with Crippen molar-refractivity contribution in [2.75, 3.05) is 0 Å². The molecule has 0 aromatic heterocycles. The van der Waals surface area contributed by atoms with Gasteiger partial charge in [-0.3, -0.25) is 4.79 Å². The van der Waals surface area contributed by atoms with Crippen LogP contribution in [0.1, 0.15) is 46.0 Å². The molecule has 106 valence electrons. The van der Waals surface area contributed by atoms with Crippen molar-refractivity contribution in [1.29, 1.82) is 0 Å². The standard InChI is InChI=1S/C14H22N2O3/c1-4-7-10(5-2)15-13(19)16-11-8-6-9-14(11,3)12(17)18/h2,10-11H,4,6-9H2,1,3H3,(H,17,18)(H2,15,16,19). The molecule has 2 amide bonds. The molecule has 19 heavy (non-hydrogen) atoms. The van der Waals surface area contributed by atoms with Gasteiger partial charge in [0.25, 0.3) is 0 Å². The molecule has 0 aromatic carbocycles. The molecular weight excluding hydrogens is 244 g/mol. The summed E-state index contributed by atoms with van der Waals surface area (Å²) in [5, 5.41) is 14.7. The van der Waals surface area contributed by atoms with Gasteiger partial charge in [-0.15, -0.1) is 6.42 Å². The third-order valence-electron chi connectivity index (χ3n) is 3.84. The number of carboxylic acids is 1. The number of carboxylic acid groups (broad SMARTS) is 1. The maximum atomic E-state index is 11.8. The normalized spacial score (nSPS) is 27.3. The predicted molar refractivity (Wildman–Crippen MR) is 72.6 cm³/mol. The minimum Gasteiger partial charge on any atom is -0.481 e. The second-order valence-electron chi connectivity index (χ2n) is 5.29. The summed E-state index contributed by atoms with van der Waals surface area (Å²) in [5.74, 6) is 1.65. The van der Waals surface area contributed by atoms with Crippen molar-refractivity contribution >= 4 is 12.0 Å². The molecule has 3 N–H and O–H groups in total. The van der Waals surface area contributed by atoms with Crippen molar-refractivity contribution in [2.45, 2.75) is 58.0 Å². The quantitative estimate of drug-likeness (QED) is 0.663. The number of nitrogens with one attached hydrogen (secondary N) is 2. The van der Waals surface area contributed by atoms with Crippen molar-refractivity contribution < 1.29 is 14.7 Å². The Hall–Kier alpha value is -1.70. The summed E-state index contributed by atoms with van der Waals surface area (Å²) in [7, 11) is 0. The van der Waals surface area contributed by atoms with Crippen LogP contribution < -0.4 is 10.6 Å². The van der Waals surface area contributed by atoms with Gasteiger partial charge >= 0.3 is 12.0 Å². The van der Waals surface area contributed by atoms with Crippen LogP contribution in [0.15, 0.2) is 0 Å². The molecule has 1 aliphatic carbocycles. The Morgan fingerprint density at radius 3 is 2.79 bits per heavy atom. The summed E-state index contributed by atoms with van der Waals surface area (Å²) in [6.45, 7) is 3.67. The van der Waals surface area contributed by atoms with Crippen LogP contribution in [0, 0.1) is 17.8 Å². The van der Waals surface area contributed by atoms with E-state index in [0.29, 0.717) is 19.3 Å². The number of rotatable bonds is 5. The monoisotopic (exact) mass is 266 g/mol. The van der Waals surface area contributed by atoms with E-state index in [-0.39, 0.29) is 18.1 Å². The Morgan fingerprint density at radius 1 is 1.58 bits per heavy atom. The first kappa shape index (κ1) is 15.4. The zero-order valence-electron chi connectivity index (χ0n) is 11.5. The average Bonchev–Trinajstić information content (AvgIpc) is 2.71. The smallest absolute Gasteiger partial charge is 0.316 e. The first-order valence-corrected chi connectivity index (χ1v) is 6.70. The predicted octanol–water partition coefficient (Wildman–Crippen LogP) is 1.73. The first-order valence-electron chi connectivity index (χ1n) is 6.70. The molecule has 1 rings (SSSR count). The van der Waals surface area contributed by atoms with E-state index in [1.165, 1.54) is 0 Å². The second kappa shape index (κ2) is 6.46. The van der Waals surface area contributed by atoms with E-state index in [1.807, 2.05) is 6.92 Å². The average molecular weight is 266 g/mol. The fraction of sp³-hybridized carbons (Fsp3) is 0.714. The molecule has 3 unspecified atom stereocenters. The van der Waals surface area contributed by atoms with E-state index < -0.39 is 11.4 Å². The van der Waals surface area contributed by atoms with Gasteiger partial charge in [-0.25, -0.2) is 4.79 Å².